The second-order valence-corrected chi connectivity index (χ2v) is 15.2. The van der Waals surface area contributed by atoms with Gasteiger partial charge in [0.2, 0.25) is 29.5 Å². The number of aliphatic hydroxyl groups is 1. The molecule has 1 aromatic rings. The third-order valence-electron chi connectivity index (χ3n) is 8.73. The maximum absolute atomic E-state index is 13.8. The number of carboxylic acids is 1. The number of carbonyl (C=O) groups excluding carboxylic acids is 5. The lowest BCUT2D eigenvalue weighted by molar-refractivity contribution is -0.143. The van der Waals surface area contributed by atoms with Crippen molar-refractivity contribution in [2.45, 2.75) is 138 Å². The van der Waals surface area contributed by atoms with E-state index < -0.39 is 78.2 Å². The van der Waals surface area contributed by atoms with E-state index in [-0.39, 0.29) is 42.4 Å². The third-order valence-corrected chi connectivity index (χ3v) is 8.73. The zero-order valence-corrected chi connectivity index (χ0v) is 32.1. The van der Waals surface area contributed by atoms with Crippen molar-refractivity contribution in [2.75, 3.05) is 0 Å². The summed E-state index contributed by atoms with van der Waals surface area (Å²) in [5.41, 5.74) is 0.780. The van der Waals surface area contributed by atoms with Gasteiger partial charge in [-0.25, -0.2) is 4.79 Å². The van der Waals surface area contributed by atoms with Crippen LogP contribution in [0.2, 0.25) is 0 Å². The van der Waals surface area contributed by atoms with E-state index in [1.807, 2.05) is 65.0 Å². The van der Waals surface area contributed by atoms with Gasteiger partial charge in [0.15, 0.2) is 0 Å². The van der Waals surface area contributed by atoms with Gasteiger partial charge in [0.05, 0.1) is 18.6 Å². The van der Waals surface area contributed by atoms with E-state index in [4.69, 9.17) is 0 Å². The van der Waals surface area contributed by atoms with Gasteiger partial charge < -0.3 is 36.8 Å². The Balaban J connectivity index is 3.24. The molecule has 0 aromatic heterocycles. The van der Waals surface area contributed by atoms with Gasteiger partial charge in [-0.3, -0.25) is 24.0 Å². The minimum atomic E-state index is -1.40. The molecule has 0 saturated carbocycles. The fourth-order valence-corrected chi connectivity index (χ4v) is 5.56. The van der Waals surface area contributed by atoms with Gasteiger partial charge in [0, 0.05) is 6.42 Å². The average Bonchev–Trinajstić information content (AvgIpc) is 3.02. The molecule has 0 spiro atoms. The summed E-state index contributed by atoms with van der Waals surface area (Å²) in [6.45, 7) is 18.1. The van der Waals surface area contributed by atoms with Crippen LogP contribution in [0.25, 0.3) is 0 Å². The minimum Gasteiger partial charge on any atom is -0.480 e. The molecule has 0 aliphatic rings. The van der Waals surface area contributed by atoms with Crippen LogP contribution in [0.1, 0.15) is 100 Å². The molecule has 288 valence electrons. The first-order chi connectivity index (χ1) is 23.8. The molecule has 0 bridgehead atoms. The molecule has 0 radical (unpaired) electrons. The summed E-state index contributed by atoms with van der Waals surface area (Å²) in [4.78, 5) is 78.1. The molecule has 7 atom stereocenters. The van der Waals surface area contributed by atoms with Crippen LogP contribution in [-0.4, -0.2) is 82.0 Å². The Bertz CT molecular complexity index is 1290. The van der Waals surface area contributed by atoms with Crippen LogP contribution < -0.4 is 26.6 Å². The molecule has 1 aromatic carbocycles. The van der Waals surface area contributed by atoms with E-state index in [1.54, 1.807) is 34.6 Å². The van der Waals surface area contributed by atoms with Crippen molar-refractivity contribution < 1.29 is 39.0 Å². The molecule has 0 heterocycles. The number of carbonyl (C=O) groups is 6. The highest BCUT2D eigenvalue weighted by molar-refractivity contribution is 5.93. The molecule has 5 amide bonds. The van der Waals surface area contributed by atoms with Gasteiger partial charge in [0.25, 0.3) is 0 Å². The molecule has 0 saturated heterocycles. The smallest absolute Gasteiger partial charge is 0.326 e. The molecule has 13 heteroatoms. The predicted octanol–water partition coefficient (Wildman–Crippen LogP) is 2.94. The zero-order valence-electron chi connectivity index (χ0n) is 32.1. The van der Waals surface area contributed by atoms with Gasteiger partial charge in [-0.05, 0) is 48.0 Å². The third kappa shape index (κ3) is 16.3. The number of rotatable bonds is 22. The van der Waals surface area contributed by atoms with Crippen LogP contribution in [0, 0.1) is 29.6 Å². The number of hydrogen-bond donors (Lipinski definition) is 7. The lowest BCUT2D eigenvalue weighted by Gasteiger charge is -2.30. The first kappa shape index (κ1) is 45.0. The van der Waals surface area contributed by atoms with Crippen molar-refractivity contribution in [1.29, 1.82) is 0 Å². The second kappa shape index (κ2) is 22.0. The van der Waals surface area contributed by atoms with Crippen LogP contribution in [0.5, 0.6) is 0 Å². The maximum atomic E-state index is 13.8. The number of aliphatic hydroxyl groups excluding tert-OH is 1. The quantitative estimate of drug-likeness (QED) is 0.0948. The summed E-state index contributed by atoms with van der Waals surface area (Å²) < 4.78 is 0. The molecule has 13 nitrogen and oxygen atoms in total. The number of amides is 5. The standard InChI is InChI=1S/C38H63N5O8/c1-11-25(10)34(37(49)43-33(24(8)9)38(50)51)41-31(46)20-29(44)27(19-26-15-13-12-14-16-26)40-36(48)32(23(6)7)42-35(47)28(17-21(2)3)39-30(45)18-22(4)5/h12-16,21-25,27-29,32-34,44H,11,17-20H2,1-10H3,(H,39,45)(H,40,48)(H,41,46)(H,42,47)(H,43,49)(H,50,51). The Morgan fingerprint density at radius 3 is 1.65 bits per heavy atom. The van der Waals surface area contributed by atoms with Crippen LogP contribution in [0.3, 0.4) is 0 Å². The van der Waals surface area contributed by atoms with E-state index in [0.717, 1.165) is 5.56 Å². The van der Waals surface area contributed by atoms with Crippen molar-refractivity contribution in [2.24, 2.45) is 29.6 Å². The topological polar surface area (TPSA) is 203 Å². The van der Waals surface area contributed by atoms with Gasteiger partial charge in [-0.1, -0.05) is 106 Å². The summed E-state index contributed by atoms with van der Waals surface area (Å²) in [7, 11) is 0. The minimum absolute atomic E-state index is 0.0859. The van der Waals surface area contributed by atoms with Crippen LogP contribution in [-0.2, 0) is 35.2 Å². The summed E-state index contributed by atoms with van der Waals surface area (Å²) in [6, 6.07) is 4.05. The van der Waals surface area contributed by atoms with Gasteiger partial charge in [0.1, 0.15) is 24.2 Å². The van der Waals surface area contributed by atoms with Crippen molar-refractivity contribution in [3.8, 4) is 0 Å². The van der Waals surface area contributed by atoms with Gasteiger partial charge in [-0.2, -0.15) is 0 Å². The van der Waals surface area contributed by atoms with E-state index in [2.05, 4.69) is 26.6 Å². The highest BCUT2D eigenvalue weighted by Gasteiger charge is 2.34. The van der Waals surface area contributed by atoms with Crippen molar-refractivity contribution >= 4 is 35.5 Å². The molecule has 1 rings (SSSR count). The van der Waals surface area contributed by atoms with Gasteiger partial charge >= 0.3 is 5.97 Å². The summed E-state index contributed by atoms with van der Waals surface area (Å²) in [5.74, 6) is -4.74. The normalized spacial score (nSPS) is 15.7. The van der Waals surface area contributed by atoms with Crippen molar-refractivity contribution in [3.63, 3.8) is 0 Å². The molecule has 51 heavy (non-hydrogen) atoms. The number of hydrogen-bond acceptors (Lipinski definition) is 7. The molecule has 0 fully saturated rings. The summed E-state index contributed by atoms with van der Waals surface area (Å²) in [5, 5.41) is 34.6. The van der Waals surface area contributed by atoms with Crippen LogP contribution >= 0.6 is 0 Å². The Morgan fingerprint density at radius 1 is 0.627 bits per heavy atom. The second-order valence-electron chi connectivity index (χ2n) is 15.2. The fraction of sp³-hybridized carbons (Fsp3) is 0.684. The number of benzene rings is 1. The maximum Gasteiger partial charge on any atom is 0.326 e. The highest BCUT2D eigenvalue weighted by Crippen LogP contribution is 2.15. The van der Waals surface area contributed by atoms with Crippen molar-refractivity contribution in [3.05, 3.63) is 35.9 Å². The fourth-order valence-electron chi connectivity index (χ4n) is 5.56. The van der Waals surface area contributed by atoms with E-state index in [9.17, 15) is 39.0 Å². The first-order valence-corrected chi connectivity index (χ1v) is 18.2. The summed E-state index contributed by atoms with van der Waals surface area (Å²) >= 11 is 0. The van der Waals surface area contributed by atoms with Crippen molar-refractivity contribution in [1.82, 2.24) is 26.6 Å². The summed E-state index contributed by atoms with van der Waals surface area (Å²) in [6.07, 6.45) is -0.575. The Labute approximate surface area is 303 Å². The Kier molecular flexibility index (Phi) is 19.5. The molecule has 7 unspecified atom stereocenters. The van der Waals surface area contributed by atoms with Gasteiger partial charge in [-0.15, -0.1) is 0 Å². The lowest BCUT2D eigenvalue weighted by atomic mass is 9.95. The lowest BCUT2D eigenvalue weighted by Crippen LogP contribution is -2.59. The SMILES string of the molecule is CCC(C)C(NC(=O)CC(O)C(Cc1ccccc1)NC(=O)C(NC(=O)C(CC(C)C)NC(=O)CC(C)C)C(C)C)C(=O)NC(C(=O)O)C(C)C. The molecular formula is C38H63N5O8. The largest absolute Gasteiger partial charge is 0.480 e. The Hall–Kier alpha value is -4.00. The van der Waals surface area contributed by atoms with E-state index in [0.29, 0.717) is 12.8 Å². The average molecular weight is 718 g/mol. The molecule has 0 aliphatic heterocycles. The molecule has 0 aliphatic carbocycles. The highest BCUT2D eigenvalue weighted by atomic mass is 16.4. The molecular weight excluding hydrogens is 654 g/mol. The zero-order chi connectivity index (χ0) is 39.0. The monoisotopic (exact) mass is 717 g/mol. The molecule has 7 N–H and O–H groups in total. The first-order valence-electron chi connectivity index (χ1n) is 18.2. The number of aliphatic carboxylic acids is 1. The Morgan fingerprint density at radius 2 is 1.16 bits per heavy atom. The van der Waals surface area contributed by atoms with E-state index in [1.165, 1.54) is 0 Å². The van der Waals surface area contributed by atoms with Crippen LogP contribution in [0.15, 0.2) is 30.3 Å². The van der Waals surface area contributed by atoms with Crippen LogP contribution in [0.4, 0.5) is 0 Å². The van der Waals surface area contributed by atoms with E-state index >= 15 is 0 Å². The predicted molar refractivity (Wildman–Crippen MR) is 196 cm³/mol. The number of nitrogens with one attached hydrogen (secondary N) is 5. The number of carboxylic acid groups (broad SMARTS) is 1.